The van der Waals surface area contributed by atoms with Gasteiger partial charge in [-0.05, 0) is 11.7 Å². The summed E-state index contributed by atoms with van der Waals surface area (Å²) in [6, 6.07) is 0. The molecule has 0 rings (SSSR count). The average Bonchev–Trinajstić information content (AvgIpc) is 1.83. The molecule has 0 aromatic heterocycles. The van der Waals surface area contributed by atoms with Gasteiger partial charge in [-0.2, -0.15) is 11.8 Å². The molecule has 0 N–H and O–H groups in total. The molecule has 0 bridgehead atoms. The lowest BCUT2D eigenvalue weighted by Crippen LogP contribution is -1.95. The molecule has 0 radical (unpaired) electrons. The van der Waals surface area contributed by atoms with Crippen LogP contribution in [0, 0.1) is 12.3 Å². The van der Waals surface area contributed by atoms with Crippen LogP contribution in [0.2, 0.25) is 0 Å². The van der Waals surface area contributed by atoms with Crippen LogP contribution in [0.25, 0.3) is 0 Å². The Balaban J connectivity index is 3.16. The fraction of sp³-hybridized carbons (Fsp3) is 0.500. The smallest absolute Gasteiger partial charge is 0.215 e. The van der Waals surface area contributed by atoms with Crippen molar-refractivity contribution in [3.8, 4) is 12.3 Å². The highest BCUT2D eigenvalue weighted by Gasteiger charge is 1.91. The number of thioether (sulfide) groups is 1. The molecule has 2 heteroatoms. The third-order valence-corrected chi connectivity index (χ3v) is 1.47. The minimum atomic E-state index is -0.114. The van der Waals surface area contributed by atoms with E-state index in [-0.39, 0.29) is 5.78 Å². The van der Waals surface area contributed by atoms with Gasteiger partial charge in [-0.3, -0.25) is 4.79 Å². The summed E-state index contributed by atoms with van der Waals surface area (Å²) in [6.45, 7) is 1.99. The number of Topliss-reactive ketones (excluding diaryl/α,β-unsaturated/α-hetero) is 1. The van der Waals surface area contributed by atoms with Crippen molar-refractivity contribution < 1.29 is 4.79 Å². The van der Waals surface area contributed by atoms with E-state index in [2.05, 4.69) is 0 Å². The van der Waals surface area contributed by atoms with Crippen molar-refractivity contribution >= 4 is 17.5 Å². The molecular weight excluding hydrogens is 120 g/mol. The molecule has 0 amide bonds. The second-order valence-electron chi connectivity index (χ2n) is 1.20. The number of hydrogen-bond donors (Lipinski definition) is 0. The molecule has 0 spiro atoms. The number of hydrogen-bond acceptors (Lipinski definition) is 2. The third-order valence-electron chi connectivity index (χ3n) is 0.598. The first-order valence-corrected chi connectivity index (χ1v) is 3.54. The maximum Gasteiger partial charge on any atom is 0.215 e. The van der Waals surface area contributed by atoms with Crippen LogP contribution < -0.4 is 0 Å². The van der Waals surface area contributed by atoms with E-state index in [0.717, 1.165) is 5.75 Å². The Morgan fingerprint density at radius 2 is 2.50 bits per heavy atom. The summed E-state index contributed by atoms with van der Waals surface area (Å²) in [5, 5.41) is 0. The van der Waals surface area contributed by atoms with Crippen molar-refractivity contribution in [1.82, 2.24) is 0 Å². The average molecular weight is 128 g/mol. The van der Waals surface area contributed by atoms with Gasteiger partial charge in [0, 0.05) is 0 Å². The molecule has 8 heavy (non-hydrogen) atoms. The van der Waals surface area contributed by atoms with E-state index in [1.54, 1.807) is 11.8 Å². The van der Waals surface area contributed by atoms with E-state index in [4.69, 9.17) is 6.42 Å². The first-order valence-electron chi connectivity index (χ1n) is 2.38. The Hall–Kier alpha value is -0.420. The molecule has 0 atom stereocenters. The van der Waals surface area contributed by atoms with Crippen LogP contribution in [0.5, 0.6) is 0 Å². The van der Waals surface area contributed by atoms with E-state index in [0.29, 0.717) is 5.75 Å². The van der Waals surface area contributed by atoms with E-state index in [1.165, 1.54) is 0 Å². The quantitative estimate of drug-likeness (QED) is 0.415. The van der Waals surface area contributed by atoms with Gasteiger partial charge >= 0.3 is 0 Å². The molecule has 0 aliphatic carbocycles. The topological polar surface area (TPSA) is 17.1 Å². The van der Waals surface area contributed by atoms with Crippen molar-refractivity contribution in [3.05, 3.63) is 0 Å². The minimum Gasteiger partial charge on any atom is -0.284 e. The second-order valence-corrected chi connectivity index (χ2v) is 2.48. The zero-order valence-electron chi connectivity index (χ0n) is 4.81. The predicted molar refractivity (Wildman–Crippen MR) is 36.8 cm³/mol. The van der Waals surface area contributed by atoms with Crippen molar-refractivity contribution in [2.75, 3.05) is 11.5 Å². The molecule has 0 heterocycles. The van der Waals surface area contributed by atoms with Crippen LogP contribution in [0.15, 0.2) is 0 Å². The van der Waals surface area contributed by atoms with Crippen molar-refractivity contribution in [1.29, 1.82) is 0 Å². The van der Waals surface area contributed by atoms with Gasteiger partial charge < -0.3 is 0 Å². The summed E-state index contributed by atoms with van der Waals surface area (Å²) in [4.78, 5) is 10.3. The Kier molecular flexibility index (Phi) is 4.48. The van der Waals surface area contributed by atoms with Crippen molar-refractivity contribution in [2.45, 2.75) is 6.92 Å². The first kappa shape index (κ1) is 7.58. The Bertz CT molecular complexity index is 112. The number of ketones is 1. The van der Waals surface area contributed by atoms with Crippen molar-refractivity contribution in [3.63, 3.8) is 0 Å². The van der Waals surface area contributed by atoms with Crippen LogP contribution >= 0.6 is 11.8 Å². The molecule has 0 fully saturated rings. The molecular formula is C6H8OS. The lowest BCUT2D eigenvalue weighted by Gasteiger charge is -1.86. The number of carbonyl (C=O) groups excluding carboxylic acids is 1. The normalized spacial score (nSPS) is 8.00. The van der Waals surface area contributed by atoms with Crippen LogP contribution in [0.3, 0.4) is 0 Å². The summed E-state index contributed by atoms with van der Waals surface area (Å²) in [5.41, 5.74) is 0. The fourth-order valence-corrected chi connectivity index (χ4v) is 0.709. The number of terminal acetylenes is 1. The lowest BCUT2D eigenvalue weighted by atomic mass is 10.5. The van der Waals surface area contributed by atoms with Gasteiger partial charge in [0.1, 0.15) is 0 Å². The van der Waals surface area contributed by atoms with Gasteiger partial charge in [0.15, 0.2) is 0 Å². The summed E-state index contributed by atoms with van der Waals surface area (Å²) >= 11 is 1.55. The largest absolute Gasteiger partial charge is 0.284 e. The van der Waals surface area contributed by atoms with Crippen LogP contribution in [-0.4, -0.2) is 17.3 Å². The fourth-order valence-electron chi connectivity index (χ4n) is 0.236. The maximum absolute atomic E-state index is 10.3. The van der Waals surface area contributed by atoms with Crippen LogP contribution in [-0.2, 0) is 4.79 Å². The molecule has 44 valence electrons. The highest BCUT2D eigenvalue weighted by atomic mass is 32.2. The van der Waals surface area contributed by atoms with Gasteiger partial charge in [-0.25, -0.2) is 0 Å². The third kappa shape index (κ3) is 3.76. The van der Waals surface area contributed by atoms with Crippen LogP contribution in [0.4, 0.5) is 0 Å². The standard InChI is InChI=1S/C6H8OS/c1-3-6(7)5-8-4-2/h1H,4-5H2,2H3. The van der Waals surface area contributed by atoms with Crippen molar-refractivity contribution in [2.24, 2.45) is 0 Å². The van der Waals surface area contributed by atoms with Crippen LogP contribution in [0.1, 0.15) is 6.92 Å². The zero-order chi connectivity index (χ0) is 6.41. The molecule has 0 aliphatic rings. The summed E-state index contributed by atoms with van der Waals surface area (Å²) in [5.74, 6) is 3.34. The molecule has 0 saturated heterocycles. The molecule has 0 saturated carbocycles. The number of rotatable bonds is 3. The molecule has 0 aromatic carbocycles. The van der Waals surface area contributed by atoms with Gasteiger partial charge in [-0.15, -0.1) is 6.42 Å². The predicted octanol–water partition coefficient (Wildman–Crippen LogP) is 0.942. The summed E-state index contributed by atoms with van der Waals surface area (Å²) in [7, 11) is 0. The second kappa shape index (κ2) is 4.73. The lowest BCUT2D eigenvalue weighted by molar-refractivity contribution is -0.111. The highest BCUT2D eigenvalue weighted by molar-refractivity contribution is 7.99. The Labute approximate surface area is 53.8 Å². The van der Waals surface area contributed by atoms with E-state index < -0.39 is 0 Å². The summed E-state index contributed by atoms with van der Waals surface area (Å²) in [6.07, 6.45) is 4.80. The monoisotopic (exact) mass is 128 g/mol. The molecule has 0 unspecified atom stereocenters. The summed E-state index contributed by atoms with van der Waals surface area (Å²) < 4.78 is 0. The van der Waals surface area contributed by atoms with Gasteiger partial charge in [0.2, 0.25) is 5.78 Å². The SMILES string of the molecule is C#CC(=O)CSCC. The molecule has 0 aromatic rings. The highest BCUT2D eigenvalue weighted by Crippen LogP contribution is 1.96. The van der Waals surface area contributed by atoms with Gasteiger partial charge in [0.25, 0.3) is 0 Å². The van der Waals surface area contributed by atoms with E-state index >= 15 is 0 Å². The minimum absolute atomic E-state index is 0.114. The maximum atomic E-state index is 10.3. The van der Waals surface area contributed by atoms with E-state index in [9.17, 15) is 4.79 Å². The van der Waals surface area contributed by atoms with Gasteiger partial charge in [-0.1, -0.05) is 6.92 Å². The van der Waals surface area contributed by atoms with E-state index in [1.807, 2.05) is 12.8 Å². The Morgan fingerprint density at radius 1 is 1.88 bits per heavy atom. The Morgan fingerprint density at radius 3 is 2.88 bits per heavy atom. The number of carbonyl (C=O) groups is 1. The first-order chi connectivity index (χ1) is 3.81. The zero-order valence-corrected chi connectivity index (χ0v) is 5.62. The van der Waals surface area contributed by atoms with Gasteiger partial charge in [0.05, 0.1) is 5.75 Å². The molecule has 0 aliphatic heterocycles. The molecule has 1 nitrogen and oxygen atoms in total.